The molecule has 15 heavy (non-hydrogen) atoms. The molecule has 1 atom stereocenters. The van der Waals surface area contributed by atoms with Crippen molar-refractivity contribution in [3.05, 3.63) is 28.2 Å². The standard InChI is InChI=1S/C11H17N3O/c1-8-3-6-11(15)14(13-8)7-10(12-2)9-4-5-9/h3,6,9-10,12H,4-5,7H2,1-2H3. The molecule has 1 aliphatic carbocycles. The molecule has 1 aromatic heterocycles. The van der Waals surface area contributed by atoms with Gasteiger partial charge in [-0.05, 0) is 38.8 Å². The molecule has 1 heterocycles. The topological polar surface area (TPSA) is 46.9 Å². The van der Waals surface area contributed by atoms with Crippen LogP contribution in [0.5, 0.6) is 0 Å². The van der Waals surface area contributed by atoms with E-state index >= 15 is 0 Å². The lowest BCUT2D eigenvalue weighted by atomic mass is 10.2. The van der Waals surface area contributed by atoms with Crippen molar-refractivity contribution in [3.63, 3.8) is 0 Å². The number of hydrogen-bond donors (Lipinski definition) is 1. The number of nitrogens with zero attached hydrogens (tertiary/aromatic N) is 2. The Morgan fingerprint density at radius 2 is 2.33 bits per heavy atom. The van der Waals surface area contributed by atoms with Crippen LogP contribution in [-0.2, 0) is 6.54 Å². The number of aromatic nitrogens is 2. The predicted molar refractivity (Wildman–Crippen MR) is 58.8 cm³/mol. The summed E-state index contributed by atoms with van der Waals surface area (Å²) in [5.41, 5.74) is 0.877. The van der Waals surface area contributed by atoms with Crippen LogP contribution in [0.1, 0.15) is 18.5 Å². The van der Waals surface area contributed by atoms with Gasteiger partial charge in [-0.2, -0.15) is 5.10 Å². The van der Waals surface area contributed by atoms with Crippen LogP contribution in [0.15, 0.2) is 16.9 Å². The molecule has 0 aliphatic heterocycles. The Kier molecular flexibility index (Phi) is 2.86. The van der Waals surface area contributed by atoms with Crippen LogP contribution >= 0.6 is 0 Å². The molecule has 0 spiro atoms. The highest BCUT2D eigenvalue weighted by Crippen LogP contribution is 2.32. The van der Waals surface area contributed by atoms with E-state index in [4.69, 9.17) is 0 Å². The maximum absolute atomic E-state index is 11.5. The molecule has 0 amide bonds. The normalized spacial score (nSPS) is 17.7. The minimum atomic E-state index is -0.0125. The fourth-order valence-corrected chi connectivity index (χ4v) is 1.84. The number of nitrogens with one attached hydrogen (secondary N) is 1. The molecule has 1 N–H and O–H groups in total. The lowest BCUT2D eigenvalue weighted by Crippen LogP contribution is -2.37. The van der Waals surface area contributed by atoms with Gasteiger partial charge >= 0.3 is 0 Å². The van der Waals surface area contributed by atoms with Crippen molar-refractivity contribution in [2.75, 3.05) is 7.05 Å². The van der Waals surface area contributed by atoms with Gasteiger partial charge in [0.05, 0.1) is 12.2 Å². The van der Waals surface area contributed by atoms with Crippen molar-refractivity contribution in [2.24, 2.45) is 5.92 Å². The summed E-state index contributed by atoms with van der Waals surface area (Å²) in [4.78, 5) is 11.5. The summed E-state index contributed by atoms with van der Waals surface area (Å²) in [6.45, 7) is 2.59. The predicted octanol–water partition coefficient (Wildman–Crippen LogP) is 0.550. The van der Waals surface area contributed by atoms with Gasteiger partial charge in [0.1, 0.15) is 0 Å². The van der Waals surface area contributed by atoms with E-state index in [1.807, 2.05) is 14.0 Å². The second-order valence-corrected chi connectivity index (χ2v) is 4.23. The van der Waals surface area contributed by atoms with E-state index in [0.717, 1.165) is 11.6 Å². The van der Waals surface area contributed by atoms with Gasteiger partial charge in [0, 0.05) is 12.1 Å². The Hall–Kier alpha value is -1.16. The second-order valence-electron chi connectivity index (χ2n) is 4.23. The molecule has 1 unspecified atom stereocenters. The fourth-order valence-electron chi connectivity index (χ4n) is 1.84. The molecule has 1 aliphatic rings. The minimum absolute atomic E-state index is 0.0125. The van der Waals surface area contributed by atoms with Crippen molar-refractivity contribution in [2.45, 2.75) is 32.4 Å². The Balaban J connectivity index is 2.14. The molecule has 4 heteroatoms. The first-order chi connectivity index (χ1) is 7.20. The molecule has 4 nitrogen and oxygen atoms in total. The molecule has 1 aromatic rings. The maximum Gasteiger partial charge on any atom is 0.266 e. The Labute approximate surface area is 89.3 Å². The van der Waals surface area contributed by atoms with E-state index < -0.39 is 0 Å². The summed E-state index contributed by atoms with van der Waals surface area (Å²) in [7, 11) is 1.95. The third-order valence-corrected chi connectivity index (χ3v) is 2.93. The average molecular weight is 207 g/mol. The van der Waals surface area contributed by atoms with Crippen molar-refractivity contribution >= 4 is 0 Å². The Bertz CT molecular complexity index is 395. The fraction of sp³-hybridized carbons (Fsp3) is 0.636. The highest BCUT2D eigenvalue weighted by atomic mass is 16.1. The van der Waals surface area contributed by atoms with Gasteiger partial charge in [0.2, 0.25) is 0 Å². The first-order valence-corrected chi connectivity index (χ1v) is 5.43. The van der Waals surface area contributed by atoms with E-state index in [1.54, 1.807) is 16.8 Å². The highest BCUT2D eigenvalue weighted by molar-refractivity contribution is 4.97. The highest BCUT2D eigenvalue weighted by Gasteiger charge is 2.30. The molecular formula is C11H17N3O. The zero-order valence-corrected chi connectivity index (χ0v) is 9.23. The second kappa shape index (κ2) is 4.14. The third-order valence-electron chi connectivity index (χ3n) is 2.93. The molecule has 2 rings (SSSR count). The molecular weight excluding hydrogens is 190 g/mol. The van der Waals surface area contributed by atoms with Gasteiger partial charge in [-0.3, -0.25) is 4.79 Å². The molecule has 0 radical (unpaired) electrons. The SMILES string of the molecule is CNC(Cn1nc(C)ccc1=O)C1CC1. The van der Waals surface area contributed by atoms with E-state index in [-0.39, 0.29) is 5.56 Å². The molecule has 1 fully saturated rings. The lowest BCUT2D eigenvalue weighted by molar-refractivity contribution is 0.401. The van der Waals surface area contributed by atoms with E-state index in [2.05, 4.69) is 10.4 Å². The van der Waals surface area contributed by atoms with E-state index in [0.29, 0.717) is 12.6 Å². The van der Waals surface area contributed by atoms with Crippen molar-refractivity contribution in [1.29, 1.82) is 0 Å². The maximum atomic E-state index is 11.5. The van der Waals surface area contributed by atoms with Gasteiger partial charge in [0.15, 0.2) is 0 Å². The van der Waals surface area contributed by atoms with Crippen LogP contribution < -0.4 is 10.9 Å². The van der Waals surface area contributed by atoms with Crippen molar-refractivity contribution in [1.82, 2.24) is 15.1 Å². The summed E-state index contributed by atoms with van der Waals surface area (Å²) in [5, 5.41) is 7.49. The van der Waals surface area contributed by atoms with Gasteiger partial charge in [-0.15, -0.1) is 0 Å². The molecule has 0 aromatic carbocycles. The van der Waals surface area contributed by atoms with Crippen LogP contribution in [-0.4, -0.2) is 22.9 Å². The van der Waals surface area contributed by atoms with Crippen LogP contribution in [0.3, 0.4) is 0 Å². The summed E-state index contributed by atoms with van der Waals surface area (Å²) in [6.07, 6.45) is 2.54. The molecule has 0 bridgehead atoms. The smallest absolute Gasteiger partial charge is 0.266 e. The third kappa shape index (κ3) is 2.45. The Morgan fingerprint density at radius 1 is 1.60 bits per heavy atom. The van der Waals surface area contributed by atoms with Crippen molar-refractivity contribution in [3.8, 4) is 0 Å². The largest absolute Gasteiger partial charge is 0.315 e. The van der Waals surface area contributed by atoms with Gasteiger partial charge < -0.3 is 5.32 Å². The van der Waals surface area contributed by atoms with Crippen molar-refractivity contribution < 1.29 is 0 Å². The summed E-state index contributed by atoms with van der Waals surface area (Å²) < 4.78 is 1.56. The average Bonchev–Trinajstić information content (AvgIpc) is 3.03. The molecule has 0 saturated heterocycles. The van der Waals surface area contributed by atoms with Crippen LogP contribution in [0.2, 0.25) is 0 Å². The van der Waals surface area contributed by atoms with Crippen LogP contribution in [0.25, 0.3) is 0 Å². The quantitative estimate of drug-likeness (QED) is 0.784. The first kappa shape index (κ1) is 10.4. The number of rotatable bonds is 4. The zero-order chi connectivity index (χ0) is 10.8. The molecule has 1 saturated carbocycles. The number of hydrogen-bond acceptors (Lipinski definition) is 3. The number of aryl methyl sites for hydroxylation is 1. The van der Waals surface area contributed by atoms with Gasteiger partial charge in [-0.1, -0.05) is 0 Å². The lowest BCUT2D eigenvalue weighted by Gasteiger charge is -2.15. The minimum Gasteiger partial charge on any atom is -0.315 e. The van der Waals surface area contributed by atoms with Crippen LogP contribution in [0.4, 0.5) is 0 Å². The van der Waals surface area contributed by atoms with E-state index in [9.17, 15) is 4.79 Å². The summed E-state index contributed by atoms with van der Waals surface area (Å²) >= 11 is 0. The molecule has 82 valence electrons. The van der Waals surface area contributed by atoms with Gasteiger partial charge in [0.25, 0.3) is 5.56 Å². The van der Waals surface area contributed by atoms with Gasteiger partial charge in [-0.25, -0.2) is 4.68 Å². The summed E-state index contributed by atoms with van der Waals surface area (Å²) in [5.74, 6) is 0.726. The number of likely N-dealkylation sites (N-methyl/N-ethyl adjacent to an activating group) is 1. The first-order valence-electron chi connectivity index (χ1n) is 5.43. The summed E-state index contributed by atoms with van der Waals surface area (Å²) in [6, 6.07) is 3.73. The Morgan fingerprint density at radius 3 is 2.93 bits per heavy atom. The van der Waals surface area contributed by atoms with Crippen LogP contribution in [0, 0.1) is 12.8 Å². The monoisotopic (exact) mass is 207 g/mol. The van der Waals surface area contributed by atoms with E-state index in [1.165, 1.54) is 12.8 Å². The zero-order valence-electron chi connectivity index (χ0n) is 9.23.